The van der Waals surface area contributed by atoms with Crippen LogP contribution in [0.2, 0.25) is 0 Å². The molecule has 2 aromatic carbocycles. The molecule has 5 N–H and O–H groups in total. The molecule has 3 aromatic heterocycles. The molecule has 1 aliphatic heterocycles. The number of carbonyl (C=O) groups excluding carboxylic acids is 2. The summed E-state index contributed by atoms with van der Waals surface area (Å²) in [6, 6.07) is 13.2. The van der Waals surface area contributed by atoms with Crippen LogP contribution in [0.1, 0.15) is 49.5 Å². The highest BCUT2D eigenvalue weighted by molar-refractivity contribution is 6.11. The number of fused-ring (bicyclic) bond motifs is 2. The van der Waals surface area contributed by atoms with Crippen molar-refractivity contribution >= 4 is 57.1 Å². The van der Waals surface area contributed by atoms with E-state index in [0.717, 1.165) is 33.2 Å². The Balaban J connectivity index is 1.27. The van der Waals surface area contributed by atoms with Gasteiger partial charge >= 0.3 is 6.09 Å². The van der Waals surface area contributed by atoms with Crippen LogP contribution in [0.3, 0.4) is 0 Å². The molecule has 0 bridgehead atoms. The van der Waals surface area contributed by atoms with Crippen LogP contribution in [-0.2, 0) is 4.74 Å². The number of aromatic nitrogens is 5. The van der Waals surface area contributed by atoms with E-state index >= 15 is 0 Å². The lowest BCUT2D eigenvalue weighted by Gasteiger charge is -2.35. The van der Waals surface area contributed by atoms with Gasteiger partial charge in [0, 0.05) is 36.4 Å². The van der Waals surface area contributed by atoms with E-state index < -0.39 is 11.7 Å². The number of anilines is 4. The van der Waals surface area contributed by atoms with Crippen LogP contribution in [0.5, 0.6) is 0 Å². The Kier molecular flexibility index (Phi) is 7.34. The van der Waals surface area contributed by atoms with Crippen molar-refractivity contribution < 1.29 is 14.3 Å². The van der Waals surface area contributed by atoms with Crippen molar-refractivity contribution in [3.05, 3.63) is 66.0 Å². The molecule has 12 heteroatoms. The number of pyridine rings is 1. The Morgan fingerprint density at radius 1 is 1.07 bits per heavy atom. The largest absolute Gasteiger partial charge is 0.444 e. The van der Waals surface area contributed by atoms with Gasteiger partial charge in [-0.1, -0.05) is 6.07 Å². The number of ether oxygens (including phenoxy) is 1. The fourth-order valence-corrected chi connectivity index (χ4v) is 5.23. The number of aromatic amines is 2. The second kappa shape index (κ2) is 11.3. The number of imidazole rings is 1. The maximum absolute atomic E-state index is 13.8. The van der Waals surface area contributed by atoms with Crippen molar-refractivity contribution in [3.8, 4) is 0 Å². The zero-order valence-corrected chi connectivity index (χ0v) is 24.6. The zero-order chi connectivity index (χ0) is 30.1. The van der Waals surface area contributed by atoms with Crippen LogP contribution in [0.15, 0.2) is 54.9 Å². The minimum absolute atomic E-state index is 0.0176. The molecule has 1 fully saturated rings. The first kappa shape index (κ1) is 28.0. The Hall–Kier alpha value is -5.13. The maximum atomic E-state index is 13.8. The molecule has 1 saturated heterocycles. The molecule has 0 radical (unpaired) electrons. The predicted octanol–water partition coefficient (Wildman–Crippen LogP) is 5.63. The smallest absolute Gasteiger partial charge is 0.407 e. The van der Waals surface area contributed by atoms with E-state index in [1.807, 2.05) is 70.2 Å². The first-order chi connectivity index (χ1) is 20.6. The predicted molar refractivity (Wildman–Crippen MR) is 167 cm³/mol. The van der Waals surface area contributed by atoms with Crippen LogP contribution in [-0.4, -0.2) is 61.9 Å². The molecule has 0 spiro atoms. The third-order valence-corrected chi connectivity index (χ3v) is 7.35. The molecule has 5 aromatic rings. The third kappa shape index (κ3) is 6.37. The maximum Gasteiger partial charge on any atom is 0.407 e. The van der Waals surface area contributed by atoms with Gasteiger partial charge in [-0.15, -0.1) is 0 Å². The summed E-state index contributed by atoms with van der Waals surface area (Å²) in [4.78, 5) is 40.7. The normalized spacial score (nSPS) is 14.2. The van der Waals surface area contributed by atoms with Gasteiger partial charge < -0.3 is 30.6 Å². The number of amides is 2. The Morgan fingerprint density at radius 3 is 2.65 bits per heavy atom. The number of benzene rings is 2. The standard InChI is InChI=1S/C31H35N9O3/c1-18-6-5-11-32-27(18)38-29-36-24-15-22(28(41)34-21-8-7-19-17-33-39-23(19)14-21)26(16-25(24)37-29)40-12-9-20(10-13-40)35-30(42)43-31(2,3)4/h5-8,11,14-17,20H,9-10,12-13H2,1-4H3,(H,33,39)(H,34,41)(H,35,42)(H2,32,36,37,38). The van der Waals surface area contributed by atoms with Gasteiger partial charge in [-0.2, -0.15) is 5.10 Å². The summed E-state index contributed by atoms with van der Waals surface area (Å²) in [5, 5.41) is 17.3. The number of aryl methyl sites for hydroxylation is 1. The van der Waals surface area contributed by atoms with E-state index in [1.54, 1.807) is 12.4 Å². The van der Waals surface area contributed by atoms with Gasteiger partial charge in [-0.25, -0.2) is 14.8 Å². The molecule has 43 heavy (non-hydrogen) atoms. The molecule has 0 saturated carbocycles. The van der Waals surface area contributed by atoms with E-state index in [4.69, 9.17) is 9.72 Å². The summed E-state index contributed by atoms with van der Waals surface area (Å²) in [5.74, 6) is 0.994. The van der Waals surface area contributed by atoms with Gasteiger partial charge in [-0.3, -0.25) is 9.89 Å². The van der Waals surface area contributed by atoms with Crippen molar-refractivity contribution in [1.82, 2.24) is 30.5 Å². The summed E-state index contributed by atoms with van der Waals surface area (Å²) >= 11 is 0. The first-order valence-electron chi connectivity index (χ1n) is 14.3. The molecular weight excluding hydrogens is 546 g/mol. The number of nitrogens with zero attached hydrogens (tertiary/aromatic N) is 4. The van der Waals surface area contributed by atoms with E-state index in [0.29, 0.717) is 48.9 Å². The molecule has 6 rings (SSSR count). The number of hydrogen-bond donors (Lipinski definition) is 5. The van der Waals surface area contributed by atoms with E-state index in [9.17, 15) is 9.59 Å². The minimum Gasteiger partial charge on any atom is -0.444 e. The lowest BCUT2D eigenvalue weighted by Crippen LogP contribution is -2.46. The van der Waals surface area contributed by atoms with E-state index in [-0.39, 0.29) is 11.9 Å². The Bertz CT molecular complexity index is 1800. The molecule has 0 atom stereocenters. The highest BCUT2D eigenvalue weighted by atomic mass is 16.6. The average molecular weight is 582 g/mol. The van der Waals surface area contributed by atoms with Crippen LogP contribution in [0.25, 0.3) is 21.9 Å². The summed E-state index contributed by atoms with van der Waals surface area (Å²) in [7, 11) is 0. The number of nitrogens with one attached hydrogen (secondary N) is 5. The van der Waals surface area contributed by atoms with Gasteiger partial charge in [0.1, 0.15) is 11.4 Å². The van der Waals surface area contributed by atoms with Gasteiger partial charge in [0.05, 0.1) is 34.0 Å². The number of rotatable bonds is 6. The molecule has 0 unspecified atom stereocenters. The number of H-pyrrole nitrogens is 2. The Morgan fingerprint density at radius 2 is 1.88 bits per heavy atom. The van der Waals surface area contributed by atoms with Crippen LogP contribution in [0, 0.1) is 6.92 Å². The molecule has 12 nitrogen and oxygen atoms in total. The lowest BCUT2D eigenvalue weighted by molar-refractivity contribution is 0.0497. The summed E-state index contributed by atoms with van der Waals surface area (Å²) in [6.07, 6.45) is 4.47. The molecule has 1 aliphatic rings. The van der Waals surface area contributed by atoms with E-state index in [1.165, 1.54) is 0 Å². The molecular formula is C31H35N9O3. The first-order valence-corrected chi connectivity index (χ1v) is 14.3. The monoisotopic (exact) mass is 581 g/mol. The highest BCUT2D eigenvalue weighted by Gasteiger charge is 2.27. The van der Waals surface area contributed by atoms with Crippen molar-refractivity contribution in [1.29, 1.82) is 0 Å². The minimum atomic E-state index is -0.559. The van der Waals surface area contributed by atoms with Crippen molar-refractivity contribution in [2.75, 3.05) is 28.6 Å². The second-order valence-corrected chi connectivity index (χ2v) is 11.8. The van der Waals surface area contributed by atoms with Gasteiger partial charge in [0.25, 0.3) is 5.91 Å². The van der Waals surface area contributed by atoms with E-state index in [2.05, 4.69) is 41.0 Å². The van der Waals surface area contributed by atoms with Crippen molar-refractivity contribution in [2.24, 2.45) is 0 Å². The Labute approximate surface area is 248 Å². The second-order valence-electron chi connectivity index (χ2n) is 11.8. The van der Waals surface area contributed by atoms with Crippen LogP contribution >= 0.6 is 0 Å². The average Bonchev–Trinajstić information content (AvgIpc) is 3.58. The van der Waals surface area contributed by atoms with Gasteiger partial charge in [0.2, 0.25) is 5.95 Å². The van der Waals surface area contributed by atoms with Crippen LogP contribution < -0.4 is 20.9 Å². The van der Waals surface area contributed by atoms with Gasteiger partial charge in [-0.05, 0) is 82.5 Å². The summed E-state index contributed by atoms with van der Waals surface area (Å²) in [6.45, 7) is 8.81. The SMILES string of the molecule is Cc1cccnc1Nc1nc2cc(N3CCC(NC(=O)OC(C)(C)C)CC3)c(C(=O)Nc3ccc4cn[nH]c4c3)cc2[nH]1. The van der Waals surface area contributed by atoms with Crippen LogP contribution in [0.4, 0.5) is 27.9 Å². The number of carbonyl (C=O) groups is 2. The number of piperidine rings is 1. The molecule has 0 aliphatic carbocycles. The summed E-state index contributed by atoms with van der Waals surface area (Å²) < 4.78 is 5.44. The summed E-state index contributed by atoms with van der Waals surface area (Å²) in [5.41, 5.74) is 4.65. The molecule has 4 heterocycles. The fourth-order valence-electron chi connectivity index (χ4n) is 5.23. The lowest BCUT2D eigenvalue weighted by atomic mass is 10.0. The quantitative estimate of drug-likeness (QED) is 0.173. The van der Waals surface area contributed by atoms with Crippen molar-refractivity contribution in [2.45, 2.75) is 52.2 Å². The third-order valence-electron chi connectivity index (χ3n) is 7.35. The number of hydrogen-bond acceptors (Lipinski definition) is 8. The van der Waals surface area contributed by atoms with Crippen molar-refractivity contribution in [3.63, 3.8) is 0 Å². The number of alkyl carbamates (subject to hydrolysis) is 1. The zero-order valence-electron chi connectivity index (χ0n) is 24.6. The topological polar surface area (TPSA) is 153 Å². The molecule has 222 valence electrons. The molecule has 2 amide bonds. The van der Waals surface area contributed by atoms with Gasteiger partial charge in [0.15, 0.2) is 0 Å². The highest BCUT2D eigenvalue weighted by Crippen LogP contribution is 2.31. The fraction of sp³-hybridized carbons (Fsp3) is 0.323.